The van der Waals surface area contributed by atoms with E-state index in [1.807, 2.05) is 0 Å². The van der Waals surface area contributed by atoms with Crippen LogP contribution in [-0.4, -0.2) is 39.0 Å². The standard InChI is InChI=1S/C11H14FNO5S/c1-18-5-2-6-19(16,17)13-10-4-3-8(12)7-9(10)11(14)15/h3-4,7,13H,2,5-6H2,1H3,(H,14,15). The van der Waals surface area contributed by atoms with Crippen molar-refractivity contribution in [1.29, 1.82) is 0 Å². The number of carbonyl (C=O) groups is 1. The quantitative estimate of drug-likeness (QED) is 0.739. The van der Waals surface area contributed by atoms with Crippen LogP contribution in [-0.2, 0) is 14.8 Å². The predicted octanol–water partition coefficient (Wildman–Crippen LogP) is 1.30. The van der Waals surface area contributed by atoms with Crippen molar-refractivity contribution in [2.24, 2.45) is 0 Å². The fraction of sp³-hybridized carbons (Fsp3) is 0.364. The van der Waals surface area contributed by atoms with E-state index >= 15 is 0 Å². The molecule has 0 heterocycles. The number of methoxy groups -OCH3 is 1. The molecule has 0 spiro atoms. The predicted molar refractivity (Wildman–Crippen MR) is 67.3 cm³/mol. The Labute approximate surface area is 110 Å². The summed E-state index contributed by atoms with van der Waals surface area (Å²) in [6, 6.07) is 2.82. The molecule has 1 aromatic rings. The molecule has 0 atom stereocenters. The first kappa shape index (κ1) is 15.4. The van der Waals surface area contributed by atoms with Crippen LogP contribution in [0.3, 0.4) is 0 Å². The number of nitrogens with one attached hydrogen (secondary N) is 1. The summed E-state index contributed by atoms with van der Waals surface area (Å²) >= 11 is 0. The van der Waals surface area contributed by atoms with Gasteiger partial charge in [0.05, 0.1) is 17.0 Å². The molecule has 8 heteroatoms. The highest BCUT2D eigenvalue weighted by atomic mass is 32.2. The molecule has 0 aliphatic rings. The number of anilines is 1. The van der Waals surface area contributed by atoms with Gasteiger partial charge >= 0.3 is 5.97 Å². The molecule has 0 saturated carbocycles. The monoisotopic (exact) mass is 291 g/mol. The fourth-order valence-corrected chi connectivity index (χ4v) is 2.51. The van der Waals surface area contributed by atoms with Crippen molar-refractivity contribution in [3.05, 3.63) is 29.6 Å². The van der Waals surface area contributed by atoms with Crippen molar-refractivity contribution in [1.82, 2.24) is 0 Å². The highest BCUT2D eigenvalue weighted by molar-refractivity contribution is 7.92. The summed E-state index contributed by atoms with van der Waals surface area (Å²) in [5.74, 6) is -2.37. The summed E-state index contributed by atoms with van der Waals surface area (Å²) in [6.45, 7) is 0.274. The zero-order chi connectivity index (χ0) is 14.5. The number of sulfonamides is 1. The van der Waals surface area contributed by atoms with Crippen LogP contribution in [0.15, 0.2) is 18.2 Å². The molecule has 1 aromatic carbocycles. The SMILES string of the molecule is COCCCS(=O)(=O)Nc1ccc(F)cc1C(=O)O. The first-order valence-electron chi connectivity index (χ1n) is 5.38. The van der Waals surface area contributed by atoms with Gasteiger partial charge in [0.25, 0.3) is 0 Å². The summed E-state index contributed by atoms with van der Waals surface area (Å²) < 4.78 is 43.1. The molecule has 0 amide bonds. The summed E-state index contributed by atoms with van der Waals surface area (Å²) in [7, 11) is -2.24. The minimum Gasteiger partial charge on any atom is -0.478 e. The first-order chi connectivity index (χ1) is 8.85. The number of ether oxygens (including phenoxy) is 1. The average Bonchev–Trinajstić information content (AvgIpc) is 2.31. The zero-order valence-electron chi connectivity index (χ0n) is 10.2. The highest BCUT2D eigenvalue weighted by Gasteiger charge is 2.16. The van der Waals surface area contributed by atoms with Gasteiger partial charge in [0.1, 0.15) is 5.82 Å². The van der Waals surface area contributed by atoms with E-state index in [1.54, 1.807) is 0 Å². The molecule has 0 aliphatic carbocycles. The molecule has 19 heavy (non-hydrogen) atoms. The van der Waals surface area contributed by atoms with Crippen LogP contribution >= 0.6 is 0 Å². The molecule has 0 aromatic heterocycles. The van der Waals surface area contributed by atoms with E-state index in [2.05, 4.69) is 4.72 Å². The maximum absolute atomic E-state index is 12.9. The minimum atomic E-state index is -3.69. The molecule has 0 bridgehead atoms. The molecule has 106 valence electrons. The van der Waals surface area contributed by atoms with Crippen LogP contribution in [0.5, 0.6) is 0 Å². The Morgan fingerprint density at radius 2 is 2.16 bits per heavy atom. The molecule has 0 radical (unpaired) electrons. The van der Waals surface area contributed by atoms with Gasteiger partial charge in [0, 0.05) is 13.7 Å². The molecular formula is C11H14FNO5S. The van der Waals surface area contributed by atoms with Gasteiger partial charge in [-0.25, -0.2) is 17.6 Å². The number of aromatic carboxylic acids is 1. The molecule has 0 unspecified atom stereocenters. The van der Waals surface area contributed by atoms with Gasteiger partial charge in [-0.2, -0.15) is 0 Å². The van der Waals surface area contributed by atoms with Gasteiger partial charge in [-0.3, -0.25) is 4.72 Å². The first-order valence-corrected chi connectivity index (χ1v) is 7.03. The number of benzene rings is 1. The highest BCUT2D eigenvalue weighted by Crippen LogP contribution is 2.18. The number of rotatable bonds is 7. The lowest BCUT2D eigenvalue weighted by atomic mass is 10.2. The lowest BCUT2D eigenvalue weighted by Gasteiger charge is -2.10. The Kier molecular flexibility index (Phi) is 5.25. The third kappa shape index (κ3) is 4.84. The van der Waals surface area contributed by atoms with Gasteiger partial charge in [0.2, 0.25) is 10.0 Å². The molecule has 2 N–H and O–H groups in total. The van der Waals surface area contributed by atoms with Crippen molar-refractivity contribution in [3.8, 4) is 0 Å². The second-order valence-electron chi connectivity index (χ2n) is 3.76. The van der Waals surface area contributed by atoms with Gasteiger partial charge < -0.3 is 9.84 Å². The third-order valence-corrected chi connectivity index (χ3v) is 3.60. The van der Waals surface area contributed by atoms with Crippen molar-refractivity contribution in [3.63, 3.8) is 0 Å². The number of carboxylic acid groups (broad SMARTS) is 1. The third-order valence-electron chi connectivity index (χ3n) is 2.24. The number of hydrogen-bond donors (Lipinski definition) is 2. The summed E-state index contributed by atoms with van der Waals surface area (Å²) in [6.07, 6.45) is 0.273. The largest absolute Gasteiger partial charge is 0.478 e. The van der Waals surface area contributed by atoms with E-state index in [4.69, 9.17) is 9.84 Å². The zero-order valence-corrected chi connectivity index (χ0v) is 11.0. The smallest absolute Gasteiger partial charge is 0.337 e. The summed E-state index contributed by atoms with van der Waals surface area (Å²) in [5, 5.41) is 8.88. The van der Waals surface area contributed by atoms with Gasteiger partial charge in [0.15, 0.2) is 0 Å². The van der Waals surface area contributed by atoms with Crippen molar-refractivity contribution < 1.29 is 27.4 Å². The molecule has 0 fully saturated rings. The van der Waals surface area contributed by atoms with Crippen LogP contribution in [0.4, 0.5) is 10.1 Å². The van der Waals surface area contributed by atoms with E-state index in [-0.39, 0.29) is 24.5 Å². The van der Waals surface area contributed by atoms with Crippen molar-refractivity contribution in [2.75, 3.05) is 24.2 Å². The Morgan fingerprint density at radius 3 is 2.74 bits per heavy atom. The van der Waals surface area contributed by atoms with E-state index in [0.717, 1.165) is 18.2 Å². The Hall–Kier alpha value is -1.67. The maximum Gasteiger partial charge on any atom is 0.337 e. The lowest BCUT2D eigenvalue weighted by molar-refractivity contribution is 0.0697. The van der Waals surface area contributed by atoms with Crippen LogP contribution in [0.1, 0.15) is 16.8 Å². The minimum absolute atomic E-state index is 0.161. The Bertz CT molecular complexity index is 558. The molecule has 0 saturated heterocycles. The topological polar surface area (TPSA) is 92.7 Å². The fourth-order valence-electron chi connectivity index (χ4n) is 1.39. The van der Waals surface area contributed by atoms with Gasteiger partial charge in [-0.05, 0) is 24.6 Å². The molecule has 1 rings (SSSR count). The summed E-state index contributed by atoms with van der Waals surface area (Å²) in [5.41, 5.74) is -0.596. The Morgan fingerprint density at radius 1 is 1.47 bits per heavy atom. The second kappa shape index (κ2) is 6.48. The number of carboxylic acids is 1. The summed E-state index contributed by atoms with van der Waals surface area (Å²) in [4.78, 5) is 10.9. The van der Waals surface area contributed by atoms with E-state index in [1.165, 1.54) is 7.11 Å². The van der Waals surface area contributed by atoms with Crippen molar-refractivity contribution >= 4 is 21.7 Å². The van der Waals surface area contributed by atoms with Crippen molar-refractivity contribution in [2.45, 2.75) is 6.42 Å². The number of hydrogen-bond acceptors (Lipinski definition) is 4. The number of halogens is 1. The van der Waals surface area contributed by atoms with E-state index in [9.17, 15) is 17.6 Å². The van der Waals surface area contributed by atoms with Gasteiger partial charge in [-0.15, -0.1) is 0 Å². The van der Waals surface area contributed by atoms with E-state index in [0.29, 0.717) is 0 Å². The maximum atomic E-state index is 12.9. The molecule has 6 nitrogen and oxygen atoms in total. The second-order valence-corrected chi connectivity index (χ2v) is 5.60. The van der Waals surface area contributed by atoms with Gasteiger partial charge in [-0.1, -0.05) is 0 Å². The normalized spacial score (nSPS) is 11.3. The lowest BCUT2D eigenvalue weighted by Crippen LogP contribution is -2.19. The van der Waals surface area contributed by atoms with Crippen LogP contribution in [0, 0.1) is 5.82 Å². The van der Waals surface area contributed by atoms with Crippen LogP contribution in [0.2, 0.25) is 0 Å². The van der Waals surface area contributed by atoms with E-state index < -0.39 is 27.4 Å². The molecular weight excluding hydrogens is 277 g/mol. The average molecular weight is 291 g/mol. The van der Waals surface area contributed by atoms with Crippen LogP contribution < -0.4 is 4.72 Å². The molecule has 0 aliphatic heterocycles. The Balaban J connectivity index is 2.90. The van der Waals surface area contributed by atoms with Crippen LogP contribution in [0.25, 0.3) is 0 Å².